The number of rotatable bonds is 4. The maximum absolute atomic E-state index is 5.59. The molecule has 2 N–H and O–H groups in total. The van der Waals surface area contributed by atoms with Gasteiger partial charge >= 0.3 is 0 Å². The van der Waals surface area contributed by atoms with Gasteiger partial charge in [0.2, 0.25) is 0 Å². The van der Waals surface area contributed by atoms with Gasteiger partial charge < -0.3 is 14.9 Å². The van der Waals surface area contributed by atoms with Crippen LogP contribution in [0.5, 0.6) is 0 Å². The molecule has 1 heterocycles. The molecule has 1 aromatic rings. The van der Waals surface area contributed by atoms with E-state index in [9.17, 15) is 0 Å². The Morgan fingerprint density at radius 3 is 2.92 bits per heavy atom. The van der Waals surface area contributed by atoms with Crippen molar-refractivity contribution in [1.82, 2.24) is 0 Å². The molecule has 1 aliphatic rings. The Balaban J connectivity index is 1.79. The fourth-order valence-electron chi connectivity index (χ4n) is 1.35. The molecular weight excluding hydrogens is 166 g/mol. The first kappa shape index (κ1) is 8.78. The molecule has 0 spiro atoms. The summed E-state index contributed by atoms with van der Waals surface area (Å²) >= 11 is 0. The van der Waals surface area contributed by atoms with Gasteiger partial charge in [-0.15, -0.1) is 0 Å². The van der Waals surface area contributed by atoms with E-state index in [-0.39, 0.29) is 0 Å². The van der Waals surface area contributed by atoms with Crippen LogP contribution in [-0.4, -0.2) is 6.10 Å². The van der Waals surface area contributed by atoms with Crippen molar-refractivity contribution < 1.29 is 9.15 Å². The molecule has 1 aromatic heterocycles. The number of ether oxygens (including phenoxy) is 1. The van der Waals surface area contributed by atoms with E-state index in [0.29, 0.717) is 19.3 Å². The number of nitrogens with two attached hydrogens (primary N) is 1. The molecule has 13 heavy (non-hydrogen) atoms. The van der Waals surface area contributed by atoms with Crippen molar-refractivity contribution in [3.8, 4) is 0 Å². The van der Waals surface area contributed by atoms with Crippen LogP contribution < -0.4 is 5.73 Å². The second-order valence-corrected chi connectivity index (χ2v) is 3.49. The van der Waals surface area contributed by atoms with Crippen LogP contribution in [-0.2, 0) is 17.9 Å². The topological polar surface area (TPSA) is 48.4 Å². The summed E-state index contributed by atoms with van der Waals surface area (Å²) in [5.41, 5.74) is 6.49. The SMILES string of the molecule is NCc1coc(COC2CCC2)c1. The molecule has 1 fully saturated rings. The van der Waals surface area contributed by atoms with Gasteiger partial charge in [-0.1, -0.05) is 0 Å². The number of hydrogen-bond acceptors (Lipinski definition) is 3. The summed E-state index contributed by atoms with van der Waals surface area (Å²) in [7, 11) is 0. The third-order valence-electron chi connectivity index (χ3n) is 2.46. The smallest absolute Gasteiger partial charge is 0.129 e. The van der Waals surface area contributed by atoms with Crippen molar-refractivity contribution in [1.29, 1.82) is 0 Å². The van der Waals surface area contributed by atoms with E-state index in [1.54, 1.807) is 6.26 Å². The quantitative estimate of drug-likeness (QED) is 0.770. The molecule has 0 radical (unpaired) electrons. The maximum atomic E-state index is 5.59. The van der Waals surface area contributed by atoms with E-state index in [1.165, 1.54) is 19.3 Å². The summed E-state index contributed by atoms with van der Waals surface area (Å²) in [6.07, 6.45) is 5.86. The zero-order valence-electron chi connectivity index (χ0n) is 7.66. The van der Waals surface area contributed by atoms with Crippen molar-refractivity contribution in [2.75, 3.05) is 0 Å². The van der Waals surface area contributed by atoms with Gasteiger partial charge in [-0.25, -0.2) is 0 Å². The van der Waals surface area contributed by atoms with E-state index < -0.39 is 0 Å². The zero-order valence-corrected chi connectivity index (χ0v) is 7.66. The molecule has 0 aromatic carbocycles. The molecule has 0 saturated heterocycles. The lowest BCUT2D eigenvalue weighted by Gasteiger charge is -2.24. The Hall–Kier alpha value is -0.800. The van der Waals surface area contributed by atoms with Crippen molar-refractivity contribution in [3.63, 3.8) is 0 Å². The van der Waals surface area contributed by atoms with E-state index in [4.69, 9.17) is 14.9 Å². The lowest BCUT2D eigenvalue weighted by Crippen LogP contribution is -2.20. The van der Waals surface area contributed by atoms with Crippen LogP contribution in [0.15, 0.2) is 16.7 Å². The molecular formula is C10H15NO2. The van der Waals surface area contributed by atoms with Crippen molar-refractivity contribution >= 4 is 0 Å². The minimum absolute atomic E-state index is 0.464. The third kappa shape index (κ3) is 2.11. The lowest BCUT2D eigenvalue weighted by molar-refractivity contribution is -0.0157. The van der Waals surface area contributed by atoms with Crippen LogP contribution >= 0.6 is 0 Å². The van der Waals surface area contributed by atoms with Gasteiger partial charge in [-0.05, 0) is 25.3 Å². The molecule has 3 nitrogen and oxygen atoms in total. The number of furan rings is 1. The van der Waals surface area contributed by atoms with E-state index in [1.807, 2.05) is 6.07 Å². The predicted octanol–water partition coefficient (Wildman–Crippen LogP) is 1.81. The molecule has 0 amide bonds. The minimum Gasteiger partial charge on any atom is -0.467 e. The first-order chi connectivity index (χ1) is 6.38. The van der Waals surface area contributed by atoms with Crippen LogP contribution in [0.4, 0.5) is 0 Å². The fraction of sp³-hybridized carbons (Fsp3) is 0.600. The highest BCUT2D eigenvalue weighted by Gasteiger charge is 2.18. The molecule has 0 unspecified atom stereocenters. The largest absolute Gasteiger partial charge is 0.467 e. The molecule has 0 atom stereocenters. The summed E-state index contributed by atoms with van der Waals surface area (Å²) in [4.78, 5) is 0. The van der Waals surface area contributed by atoms with Crippen molar-refractivity contribution in [3.05, 3.63) is 23.7 Å². The van der Waals surface area contributed by atoms with Gasteiger partial charge in [0.25, 0.3) is 0 Å². The standard InChI is InChI=1S/C10H15NO2/c11-5-8-4-10(12-6-8)7-13-9-2-1-3-9/h4,6,9H,1-3,5,7,11H2. The van der Waals surface area contributed by atoms with Crippen LogP contribution in [0.25, 0.3) is 0 Å². The average molecular weight is 181 g/mol. The van der Waals surface area contributed by atoms with Crippen molar-refractivity contribution in [2.24, 2.45) is 5.73 Å². The molecule has 0 aliphatic heterocycles. The molecule has 0 bridgehead atoms. The van der Waals surface area contributed by atoms with Crippen LogP contribution in [0.2, 0.25) is 0 Å². The second kappa shape index (κ2) is 3.94. The molecule has 2 rings (SSSR count). The maximum Gasteiger partial charge on any atom is 0.129 e. The predicted molar refractivity (Wildman–Crippen MR) is 49.0 cm³/mol. The average Bonchev–Trinajstić information content (AvgIpc) is 2.49. The van der Waals surface area contributed by atoms with Gasteiger partial charge in [-0.2, -0.15) is 0 Å². The Morgan fingerprint density at radius 2 is 2.38 bits per heavy atom. The highest BCUT2D eigenvalue weighted by atomic mass is 16.5. The fourth-order valence-corrected chi connectivity index (χ4v) is 1.35. The van der Waals surface area contributed by atoms with Gasteiger partial charge in [-0.3, -0.25) is 0 Å². The van der Waals surface area contributed by atoms with E-state index in [0.717, 1.165) is 11.3 Å². The monoisotopic (exact) mass is 181 g/mol. The summed E-state index contributed by atoms with van der Waals surface area (Å²) in [6, 6.07) is 1.96. The number of hydrogen-bond donors (Lipinski definition) is 1. The van der Waals surface area contributed by atoms with E-state index in [2.05, 4.69) is 0 Å². The van der Waals surface area contributed by atoms with Gasteiger partial charge in [0.05, 0.1) is 12.4 Å². The van der Waals surface area contributed by atoms with Crippen molar-refractivity contribution in [2.45, 2.75) is 38.5 Å². The van der Waals surface area contributed by atoms with Gasteiger partial charge in [0.15, 0.2) is 0 Å². The Morgan fingerprint density at radius 1 is 1.54 bits per heavy atom. The van der Waals surface area contributed by atoms with Crippen LogP contribution in [0.1, 0.15) is 30.6 Å². The second-order valence-electron chi connectivity index (χ2n) is 3.49. The van der Waals surface area contributed by atoms with Crippen LogP contribution in [0.3, 0.4) is 0 Å². The molecule has 1 saturated carbocycles. The zero-order chi connectivity index (χ0) is 9.10. The molecule has 72 valence electrons. The summed E-state index contributed by atoms with van der Waals surface area (Å²) in [5, 5.41) is 0. The lowest BCUT2D eigenvalue weighted by atomic mass is 9.96. The molecule has 1 aliphatic carbocycles. The highest BCUT2D eigenvalue weighted by Crippen LogP contribution is 2.23. The normalized spacial score (nSPS) is 17.3. The summed E-state index contributed by atoms with van der Waals surface area (Å²) in [6.45, 7) is 1.12. The molecule has 3 heteroatoms. The third-order valence-corrected chi connectivity index (χ3v) is 2.46. The first-order valence-electron chi connectivity index (χ1n) is 4.76. The summed E-state index contributed by atoms with van der Waals surface area (Å²) < 4.78 is 10.9. The van der Waals surface area contributed by atoms with Gasteiger partial charge in [0.1, 0.15) is 12.4 Å². The van der Waals surface area contributed by atoms with Gasteiger partial charge in [0, 0.05) is 12.1 Å². The summed E-state index contributed by atoms with van der Waals surface area (Å²) in [5.74, 6) is 0.882. The minimum atomic E-state index is 0.464. The Labute approximate surface area is 77.9 Å². The van der Waals surface area contributed by atoms with E-state index >= 15 is 0 Å². The highest BCUT2D eigenvalue weighted by molar-refractivity contribution is 5.11. The van der Waals surface area contributed by atoms with Crippen LogP contribution in [0, 0.1) is 0 Å². The Bertz CT molecular complexity index is 266. The Kier molecular flexibility index (Phi) is 2.66. The first-order valence-corrected chi connectivity index (χ1v) is 4.76.